The number of rotatable bonds is 10. The maximum absolute atomic E-state index is 16.0. The summed E-state index contributed by atoms with van der Waals surface area (Å²) in [5.41, 5.74) is 7.77. The molecular formula is C22H28FN9O9P2S2. The maximum atomic E-state index is 16.0. The van der Waals surface area contributed by atoms with E-state index in [2.05, 4.69) is 41.7 Å². The SMILES string of the molecule is Cc1ncnc2c1ncn2[C@@H]1O[C@H](COP(O)(O)=S)[C@@H](OP(O)(=S)OC[C@H]2O[C@@H](n3cnc4c(N)ncnc43)[C@H](O)[C@@H]2C)[C@H]1F. The van der Waals surface area contributed by atoms with E-state index in [1.807, 2.05) is 0 Å². The molecule has 4 aromatic rings. The number of aryl methyl sites for hydroxylation is 1. The molecule has 1 unspecified atom stereocenters. The first-order valence-electron chi connectivity index (χ1n) is 13.3. The standard InChI is InChI=1S/C22H28FN9O9P2S2/c1-9-11(39-22(16(9)33)32-8-30-15-18(24)26-6-28-20(15)32)3-38-43(36,45)41-17-12(4-37-42(34,35)44)40-21(13(17)23)31-7-29-14-10(2)25-5-27-19(14)31/h5-9,11-13,16-17,21-22,33H,3-4H2,1-2H3,(H,36,45)(H2,24,26,28)(H2,34,35,44)/t9-,11-,12-,13-,16-,17-,21-,22-,43?/m1/s1. The van der Waals surface area contributed by atoms with E-state index >= 15 is 4.39 Å². The van der Waals surface area contributed by atoms with E-state index in [4.69, 9.17) is 40.6 Å². The van der Waals surface area contributed by atoms with Crippen molar-refractivity contribution in [2.75, 3.05) is 18.9 Å². The predicted molar refractivity (Wildman–Crippen MR) is 160 cm³/mol. The molecule has 18 nitrogen and oxygen atoms in total. The minimum atomic E-state index is -4.22. The largest absolute Gasteiger partial charge is 0.388 e. The summed E-state index contributed by atoms with van der Waals surface area (Å²) in [6.45, 7) is -5.91. The highest BCUT2D eigenvalue weighted by atomic mass is 32.5. The Kier molecular flexibility index (Phi) is 9.02. The maximum Gasteiger partial charge on any atom is 0.325 e. The number of fused-ring (bicyclic) bond motifs is 2. The van der Waals surface area contributed by atoms with Crippen LogP contribution >= 0.6 is 13.4 Å². The topological polar surface area (TPSA) is 240 Å². The van der Waals surface area contributed by atoms with E-state index in [1.165, 1.54) is 34.4 Å². The molecule has 2 saturated heterocycles. The summed E-state index contributed by atoms with van der Waals surface area (Å²) in [4.78, 5) is 54.9. The Balaban J connectivity index is 1.17. The van der Waals surface area contributed by atoms with Crippen molar-refractivity contribution < 1.29 is 47.2 Å². The first kappa shape index (κ1) is 32.7. The fourth-order valence-electron chi connectivity index (χ4n) is 5.20. The molecule has 0 aliphatic carbocycles. The third-order valence-corrected chi connectivity index (χ3v) is 9.90. The normalized spacial score (nSPS) is 30.4. The number of nitrogens with two attached hydrogens (primary N) is 1. The highest BCUT2D eigenvalue weighted by Crippen LogP contribution is 2.51. The zero-order valence-corrected chi connectivity index (χ0v) is 26.8. The van der Waals surface area contributed by atoms with Gasteiger partial charge in [-0.2, -0.15) is 0 Å². The van der Waals surface area contributed by atoms with Gasteiger partial charge in [-0.15, -0.1) is 0 Å². The summed E-state index contributed by atoms with van der Waals surface area (Å²) in [6, 6.07) is 0. The molecule has 45 heavy (non-hydrogen) atoms. The first-order chi connectivity index (χ1) is 21.2. The lowest BCUT2D eigenvalue weighted by atomic mass is 10.0. The molecule has 0 bridgehead atoms. The molecule has 0 saturated carbocycles. The molecule has 0 spiro atoms. The minimum Gasteiger partial charge on any atom is -0.388 e. The highest BCUT2D eigenvalue weighted by Gasteiger charge is 2.51. The van der Waals surface area contributed by atoms with Gasteiger partial charge in [-0.05, 0) is 30.5 Å². The Hall–Kier alpha value is -2.23. The molecule has 0 radical (unpaired) electrons. The Morgan fingerprint density at radius 3 is 2.22 bits per heavy atom. The van der Waals surface area contributed by atoms with Crippen molar-refractivity contribution in [3.63, 3.8) is 0 Å². The van der Waals surface area contributed by atoms with Gasteiger partial charge in [0.15, 0.2) is 35.7 Å². The molecule has 23 heteroatoms. The van der Waals surface area contributed by atoms with E-state index in [1.54, 1.807) is 13.8 Å². The summed E-state index contributed by atoms with van der Waals surface area (Å²) in [7, 11) is 0. The van der Waals surface area contributed by atoms with Crippen LogP contribution in [0.3, 0.4) is 0 Å². The number of hydrogen-bond donors (Lipinski definition) is 5. The third kappa shape index (κ3) is 6.51. The van der Waals surface area contributed by atoms with E-state index in [-0.39, 0.29) is 18.1 Å². The van der Waals surface area contributed by atoms with Crippen LogP contribution in [0.5, 0.6) is 0 Å². The van der Waals surface area contributed by atoms with Crippen molar-refractivity contribution in [1.29, 1.82) is 0 Å². The average molecular weight is 708 g/mol. The molecule has 4 aromatic heterocycles. The zero-order valence-electron chi connectivity index (χ0n) is 23.4. The Morgan fingerprint density at radius 2 is 1.51 bits per heavy atom. The van der Waals surface area contributed by atoms with Crippen LogP contribution in [0.25, 0.3) is 22.3 Å². The van der Waals surface area contributed by atoms with Gasteiger partial charge in [0.1, 0.15) is 42.0 Å². The van der Waals surface area contributed by atoms with Crippen molar-refractivity contribution in [2.24, 2.45) is 5.92 Å². The lowest BCUT2D eigenvalue weighted by Gasteiger charge is -2.26. The molecule has 2 fully saturated rings. The minimum absolute atomic E-state index is 0.160. The van der Waals surface area contributed by atoms with E-state index in [0.29, 0.717) is 22.4 Å². The Bertz CT molecular complexity index is 1810. The van der Waals surface area contributed by atoms with Gasteiger partial charge in [0, 0.05) is 5.92 Å². The molecule has 2 aliphatic heterocycles. The number of ether oxygens (including phenoxy) is 2. The number of alkyl halides is 1. The van der Waals surface area contributed by atoms with Gasteiger partial charge in [0.25, 0.3) is 0 Å². The molecule has 0 amide bonds. The lowest BCUT2D eigenvalue weighted by Crippen LogP contribution is -2.34. The van der Waals surface area contributed by atoms with Crippen LogP contribution in [0.2, 0.25) is 0 Å². The van der Waals surface area contributed by atoms with Crippen LogP contribution in [0.1, 0.15) is 25.1 Å². The number of aromatic nitrogens is 8. The van der Waals surface area contributed by atoms with Crippen LogP contribution in [0.15, 0.2) is 25.3 Å². The van der Waals surface area contributed by atoms with Crippen LogP contribution < -0.4 is 5.73 Å². The van der Waals surface area contributed by atoms with Crippen LogP contribution in [-0.4, -0.2) is 103 Å². The van der Waals surface area contributed by atoms with Gasteiger partial charge in [0.2, 0.25) is 0 Å². The third-order valence-electron chi connectivity index (χ3n) is 7.54. The highest BCUT2D eigenvalue weighted by molar-refractivity contribution is 8.07. The summed E-state index contributed by atoms with van der Waals surface area (Å²) >= 11 is 9.72. The molecule has 244 valence electrons. The Labute approximate surface area is 263 Å². The Morgan fingerprint density at radius 1 is 0.911 bits per heavy atom. The van der Waals surface area contributed by atoms with Crippen LogP contribution in [0.4, 0.5) is 10.2 Å². The number of nitrogen functional groups attached to an aromatic ring is 1. The van der Waals surface area contributed by atoms with Gasteiger partial charge in [0.05, 0.1) is 37.7 Å². The first-order valence-corrected chi connectivity index (χ1v) is 18.5. The monoisotopic (exact) mass is 707 g/mol. The van der Waals surface area contributed by atoms with Gasteiger partial charge in [-0.25, -0.2) is 34.3 Å². The number of nitrogens with zero attached hydrogens (tertiary/aromatic N) is 8. The fraction of sp³-hybridized carbons (Fsp3) is 0.545. The van der Waals surface area contributed by atoms with E-state index in [0.717, 1.165) is 0 Å². The molecule has 6 rings (SSSR count). The van der Waals surface area contributed by atoms with Crippen molar-refractivity contribution in [3.05, 3.63) is 31.0 Å². The number of aliphatic hydroxyl groups is 1. The predicted octanol–water partition coefficient (Wildman–Crippen LogP) is 0.531. The molecule has 2 aliphatic rings. The van der Waals surface area contributed by atoms with Crippen molar-refractivity contribution in [1.82, 2.24) is 39.0 Å². The lowest BCUT2D eigenvalue weighted by molar-refractivity contribution is -0.0520. The summed E-state index contributed by atoms with van der Waals surface area (Å²) < 4.78 is 46.8. The summed E-state index contributed by atoms with van der Waals surface area (Å²) in [5, 5.41) is 10.9. The number of anilines is 1. The number of hydrogen-bond acceptors (Lipinski definition) is 15. The summed E-state index contributed by atoms with van der Waals surface area (Å²) in [6.07, 6.45) is -3.79. The van der Waals surface area contributed by atoms with Gasteiger partial charge in [-0.3, -0.25) is 13.7 Å². The van der Waals surface area contributed by atoms with Gasteiger partial charge in [-0.1, -0.05) is 6.92 Å². The zero-order chi connectivity index (χ0) is 32.3. The second-order valence-electron chi connectivity index (χ2n) is 10.4. The number of aliphatic hydroxyl groups excluding tert-OH is 1. The second kappa shape index (κ2) is 12.4. The van der Waals surface area contributed by atoms with E-state index in [9.17, 15) is 19.8 Å². The molecule has 9 atom stereocenters. The van der Waals surface area contributed by atoms with Crippen molar-refractivity contribution in [2.45, 2.75) is 56.9 Å². The van der Waals surface area contributed by atoms with E-state index < -0.39 is 69.0 Å². The number of imidazole rings is 2. The number of halogens is 1. The van der Waals surface area contributed by atoms with Crippen LogP contribution in [-0.2, 0) is 46.7 Å². The molecule has 6 heterocycles. The molecule has 0 aromatic carbocycles. The molecular weight excluding hydrogens is 679 g/mol. The van der Waals surface area contributed by atoms with Crippen molar-refractivity contribution >= 4 is 65.2 Å². The second-order valence-corrected chi connectivity index (χ2v) is 15.9. The summed E-state index contributed by atoms with van der Waals surface area (Å²) in [5.74, 6) is -0.359. The average Bonchev–Trinajstić information content (AvgIpc) is 3.73. The van der Waals surface area contributed by atoms with Gasteiger partial charge >= 0.3 is 13.4 Å². The van der Waals surface area contributed by atoms with Crippen molar-refractivity contribution in [3.8, 4) is 0 Å². The molecule has 6 N–H and O–H groups in total. The van der Waals surface area contributed by atoms with Gasteiger partial charge < -0.3 is 44.0 Å². The fourth-order valence-corrected chi connectivity index (χ4v) is 7.16. The van der Waals surface area contributed by atoms with Crippen LogP contribution in [0, 0.1) is 12.8 Å². The smallest absolute Gasteiger partial charge is 0.325 e. The quantitative estimate of drug-likeness (QED) is 0.141.